The third-order valence-corrected chi connectivity index (χ3v) is 5.83. The minimum absolute atomic E-state index is 0.299. The van der Waals surface area contributed by atoms with E-state index < -0.39 is 0 Å². The Labute approximate surface area is 198 Å². The summed E-state index contributed by atoms with van der Waals surface area (Å²) in [5, 5.41) is 8.02. The Morgan fingerprint density at radius 3 is 2.61 bits per heavy atom. The molecule has 1 aliphatic rings. The second-order valence-corrected chi connectivity index (χ2v) is 8.06. The smallest absolute Gasteiger partial charge is 0.290 e. The number of rotatable bonds is 7. The van der Waals surface area contributed by atoms with Crippen LogP contribution in [-0.2, 0) is 19.3 Å². The Balaban J connectivity index is 1.31. The maximum Gasteiger partial charge on any atom is 0.290 e. The van der Waals surface area contributed by atoms with Gasteiger partial charge in [-0.2, -0.15) is 5.10 Å². The maximum atomic E-state index is 12.8. The third-order valence-electron chi connectivity index (χ3n) is 5.58. The van der Waals surface area contributed by atoms with Crippen molar-refractivity contribution in [3.63, 3.8) is 0 Å². The lowest BCUT2D eigenvalue weighted by Gasteiger charge is -2.12. The van der Waals surface area contributed by atoms with E-state index >= 15 is 0 Å². The van der Waals surface area contributed by atoms with Crippen molar-refractivity contribution < 1.29 is 14.3 Å². The number of fused-ring (bicyclic) bond motifs is 1. The summed E-state index contributed by atoms with van der Waals surface area (Å²) in [4.78, 5) is 12.8. The molecule has 0 bridgehead atoms. The van der Waals surface area contributed by atoms with Crippen molar-refractivity contribution in [2.75, 3.05) is 20.8 Å². The second-order valence-electron chi connectivity index (χ2n) is 7.65. The molecule has 0 unspecified atom stereocenters. The number of hydrogen-bond donors (Lipinski definition) is 3. The van der Waals surface area contributed by atoms with Crippen molar-refractivity contribution in [3.05, 3.63) is 71.0 Å². The first-order chi connectivity index (χ1) is 16.1. The molecule has 3 aromatic rings. The zero-order valence-corrected chi connectivity index (χ0v) is 19.5. The molecule has 1 heterocycles. The summed E-state index contributed by atoms with van der Waals surface area (Å²) in [7, 11) is 3.22. The van der Waals surface area contributed by atoms with Crippen molar-refractivity contribution in [2.24, 2.45) is 0 Å². The first kappa shape index (κ1) is 22.6. The molecule has 9 heteroatoms. The van der Waals surface area contributed by atoms with Gasteiger partial charge in [-0.1, -0.05) is 24.3 Å². The molecular weight excluding hydrogens is 438 g/mol. The summed E-state index contributed by atoms with van der Waals surface area (Å²) in [5.74, 6) is 1.08. The minimum atomic E-state index is -0.299. The topological polar surface area (TPSA) is 89.4 Å². The maximum absolute atomic E-state index is 12.8. The van der Waals surface area contributed by atoms with Gasteiger partial charge in [0.05, 0.1) is 19.9 Å². The number of para-hydroxylation sites is 1. The number of methoxy groups -OCH3 is 2. The van der Waals surface area contributed by atoms with Gasteiger partial charge in [0.1, 0.15) is 0 Å². The van der Waals surface area contributed by atoms with Gasteiger partial charge in [0.2, 0.25) is 0 Å². The molecule has 4 rings (SSSR count). The molecule has 2 aromatic carbocycles. The fourth-order valence-electron chi connectivity index (χ4n) is 3.98. The predicted octanol–water partition coefficient (Wildman–Crippen LogP) is 2.73. The summed E-state index contributed by atoms with van der Waals surface area (Å²) in [6.45, 7) is 0.592. The lowest BCUT2D eigenvalue weighted by molar-refractivity contribution is 0.0937. The molecule has 172 valence electrons. The lowest BCUT2D eigenvalue weighted by Crippen LogP contribution is -2.47. The van der Waals surface area contributed by atoms with E-state index in [0.29, 0.717) is 28.9 Å². The second kappa shape index (κ2) is 10.4. The van der Waals surface area contributed by atoms with Crippen LogP contribution in [0.25, 0.3) is 5.69 Å². The number of aromatic nitrogens is 2. The van der Waals surface area contributed by atoms with Crippen LogP contribution < -0.4 is 25.6 Å². The van der Waals surface area contributed by atoms with Crippen LogP contribution >= 0.6 is 12.2 Å². The van der Waals surface area contributed by atoms with E-state index in [1.807, 2.05) is 53.2 Å². The number of hydrazine groups is 1. The van der Waals surface area contributed by atoms with E-state index in [1.54, 1.807) is 14.2 Å². The van der Waals surface area contributed by atoms with Gasteiger partial charge in [0.15, 0.2) is 22.3 Å². The van der Waals surface area contributed by atoms with Gasteiger partial charge in [0, 0.05) is 17.8 Å². The van der Waals surface area contributed by atoms with Gasteiger partial charge in [-0.25, -0.2) is 4.68 Å². The third kappa shape index (κ3) is 5.09. The highest BCUT2D eigenvalue weighted by Gasteiger charge is 2.27. The summed E-state index contributed by atoms with van der Waals surface area (Å²) >= 11 is 5.30. The monoisotopic (exact) mass is 465 g/mol. The number of thiocarbonyl (C=S) groups is 1. The highest BCUT2D eigenvalue weighted by atomic mass is 32.1. The molecule has 1 aliphatic carbocycles. The number of amides is 1. The van der Waals surface area contributed by atoms with E-state index in [1.165, 1.54) is 0 Å². The van der Waals surface area contributed by atoms with Gasteiger partial charge in [-0.3, -0.25) is 15.6 Å². The van der Waals surface area contributed by atoms with E-state index in [9.17, 15) is 4.79 Å². The van der Waals surface area contributed by atoms with Gasteiger partial charge in [-0.15, -0.1) is 0 Å². The summed E-state index contributed by atoms with van der Waals surface area (Å²) in [6, 6.07) is 15.7. The van der Waals surface area contributed by atoms with Crippen LogP contribution in [0.15, 0.2) is 48.5 Å². The van der Waals surface area contributed by atoms with Crippen LogP contribution in [0, 0.1) is 0 Å². The van der Waals surface area contributed by atoms with Crippen LogP contribution in [0.3, 0.4) is 0 Å². The molecule has 33 heavy (non-hydrogen) atoms. The highest BCUT2D eigenvalue weighted by molar-refractivity contribution is 7.80. The number of carbonyl (C=O) groups is 1. The zero-order valence-electron chi connectivity index (χ0n) is 18.7. The molecule has 8 nitrogen and oxygen atoms in total. The largest absolute Gasteiger partial charge is 0.493 e. The molecule has 0 atom stereocenters. The van der Waals surface area contributed by atoms with Crippen molar-refractivity contribution in [1.82, 2.24) is 25.9 Å². The van der Waals surface area contributed by atoms with Gasteiger partial charge >= 0.3 is 0 Å². The van der Waals surface area contributed by atoms with Crippen LogP contribution in [0.2, 0.25) is 0 Å². The normalized spacial score (nSPS) is 12.1. The van der Waals surface area contributed by atoms with Gasteiger partial charge in [0.25, 0.3) is 5.91 Å². The van der Waals surface area contributed by atoms with Crippen LogP contribution in [0.1, 0.15) is 33.7 Å². The molecule has 0 aliphatic heterocycles. The molecule has 0 fully saturated rings. The molecule has 0 spiro atoms. The highest BCUT2D eigenvalue weighted by Crippen LogP contribution is 2.28. The SMILES string of the molecule is COc1ccc(CCNC(=S)NNC(=O)c2nn(-c3ccccc3)c3c2CCC3)cc1OC. The number of benzene rings is 2. The van der Waals surface area contributed by atoms with Crippen LogP contribution in [-0.4, -0.2) is 41.6 Å². The minimum Gasteiger partial charge on any atom is -0.493 e. The quantitative estimate of drug-likeness (QED) is 0.365. The van der Waals surface area contributed by atoms with E-state index in [2.05, 4.69) is 21.3 Å². The predicted molar refractivity (Wildman–Crippen MR) is 130 cm³/mol. The summed E-state index contributed by atoms with van der Waals surface area (Å²) in [6.07, 6.45) is 3.50. The van der Waals surface area contributed by atoms with Crippen molar-refractivity contribution in [2.45, 2.75) is 25.7 Å². The molecule has 0 radical (unpaired) electrons. The average Bonchev–Trinajstić information content (AvgIpc) is 3.46. The van der Waals surface area contributed by atoms with E-state index in [4.69, 9.17) is 21.7 Å². The molecule has 0 saturated heterocycles. The van der Waals surface area contributed by atoms with Crippen molar-refractivity contribution >= 4 is 23.2 Å². The standard InChI is InChI=1S/C24H27N5O3S/c1-31-20-12-11-16(15-21(20)32-2)13-14-25-24(33)27-26-23(30)22-18-9-6-10-19(18)29(28-22)17-7-4-3-5-8-17/h3-5,7-8,11-12,15H,6,9-10,13-14H2,1-2H3,(H,26,30)(H2,25,27,33). The molecule has 1 aromatic heterocycles. The number of nitrogens with zero attached hydrogens (tertiary/aromatic N) is 2. The van der Waals surface area contributed by atoms with E-state index in [-0.39, 0.29) is 5.91 Å². The Morgan fingerprint density at radius 1 is 1.06 bits per heavy atom. The molecular formula is C24H27N5O3S. The average molecular weight is 466 g/mol. The fourth-order valence-corrected chi connectivity index (χ4v) is 4.13. The molecule has 3 N–H and O–H groups in total. The zero-order chi connectivity index (χ0) is 23.2. The van der Waals surface area contributed by atoms with Crippen LogP contribution in [0.5, 0.6) is 11.5 Å². The summed E-state index contributed by atoms with van der Waals surface area (Å²) < 4.78 is 12.5. The Bertz CT molecular complexity index is 1150. The van der Waals surface area contributed by atoms with Crippen LogP contribution in [0.4, 0.5) is 0 Å². The Morgan fingerprint density at radius 2 is 1.85 bits per heavy atom. The molecule has 0 saturated carbocycles. The first-order valence-electron chi connectivity index (χ1n) is 10.8. The lowest BCUT2D eigenvalue weighted by atomic mass is 10.1. The number of carbonyl (C=O) groups excluding carboxylic acids is 1. The fraction of sp³-hybridized carbons (Fsp3) is 0.292. The Hall–Kier alpha value is -3.59. The van der Waals surface area contributed by atoms with Gasteiger partial charge in [-0.05, 0) is 67.7 Å². The summed E-state index contributed by atoms with van der Waals surface area (Å²) in [5.41, 5.74) is 10.0. The molecule has 1 amide bonds. The number of hydrogen-bond acceptors (Lipinski definition) is 5. The first-order valence-corrected chi connectivity index (χ1v) is 11.2. The van der Waals surface area contributed by atoms with Crippen molar-refractivity contribution in [3.8, 4) is 17.2 Å². The number of nitrogens with one attached hydrogen (secondary N) is 3. The van der Waals surface area contributed by atoms with Crippen molar-refractivity contribution in [1.29, 1.82) is 0 Å². The number of ether oxygens (including phenoxy) is 2. The van der Waals surface area contributed by atoms with E-state index in [0.717, 1.165) is 48.2 Å². The Kier molecular flexibility index (Phi) is 7.09. The van der Waals surface area contributed by atoms with Gasteiger partial charge < -0.3 is 14.8 Å².